The number of amides is 1. The number of aliphatic hydroxyl groups excluding tert-OH is 1. The predicted molar refractivity (Wildman–Crippen MR) is 87.0 cm³/mol. The Bertz CT molecular complexity index is 546. The number of benzene rings is 1. The predicted octanol–water partition coefficient (Wildman–Crippen LogP) is 0.644. The van der Waals surface area contributed by atoms with Gasteiger partial charge in [0.15, 0.2) is 0 Å². The minimum Gasteiger partial charge on any atom is -0.481 e. The van der Waals surface area contributed by atoms with E-state index in [1.807, 2.05) is 24.3 Å². The van der Waals surface area contributed by atoms with E-state index >= 15 is 0 Å². The van der Waals surface area contributed by atoms with Crippen LogP contribution in [-0.2, 0) is 16.0 Å². The molecule has 0 fully saturated rings. The van der Waals surface area contributed by atoms with Crippen LogP contribution in [0.1, 0.15) is 36.8 Å². The normalized spacial score (nSPS) is 12.2. The molecule has 0 heterocycles. The highest BCUT2D eigenvalue weighted by Crippen LogP contribution is 2.10. The van der Waals surface area contributed by atoms with Gasteiger partial charge in [0.2, 0.25) is 5.91 Å². The first-order valence-corrected chi connectivity index (χ1v) is 7.53. The number of aliphatic carboxylic acids is 1. The number of hydrogen-bond acceptors (Lipinski definition) is 5. The molecule has 1 rings (SSSR count). The first-order chi connectivity index (χ1) is 11.0. The Morgan fingerprint density at radius 3 is 2.74 bits per heavy atom. The SMILES string of the molecule is NN=Cc1ccccc1CCCCNC(=O)[C@H](O)CCC(=O)O. The molecule has 0 saturated heterocycles. The molecule has 126 valence electrons. The number of hydrazone groups is 1. The lowest BCUT2D eigenvalue weighted by atomic mass is 10.0. The third-order valence-electron chi connectivity index (χ3n) is 3.38. The van der Waals surface area contributed by atoms with Gasteiger partial charge in [-0.05, 0) is 36.8 Å². The van der Waals surface area contributed by atoms with Gasteiger partial charge in [-0.1, -0.05) is 24.3 Å². The quantitative estimate of drug-likeness (QED) is 0.218. The van der Waals surface area contributed by atoms with Gasteiger partial charge >= 0.3 is 5.97 Å². The van der Waals surface area contributed by atoms with E-state index in [0.29, 0.717) is 6.54 Å². The molecule has 7 nitrogen and oxygen atoms in total. The second-order valence-corrected chi connectivity index (χ2v) is 5.17. The summed E-state index contributed by atoms with van der Waals surface area (Å²) in [7, 11) is 0. The molecule has 1 aromatic rings. The fraction of sp³-hybridized carbons (Fsp3) is 0.438. The van der Waals surface area contributed by atoms with Gasteiger partial charge in [0.1, 0.15) is 6.10 Å². The molecule has 0 bridgehead atoms. The second-order valence-electron chi connectivity index (χ2n) is 5.17. The van der Waals surface area contributed by atoms with Crippen LogP contribution in [0.4, 0.5) is 0 Å². The maximum Gasteiger partial charge on any atom is 0.303 e. The van der Waals surface area contributed by atoms with Crippen LogP contribution in [-0.4, -0.2) is 41.0 Å². The highest BCUT2D eigenvalue weighted by molar-refractivity contribution is 5.81. The van der Waals surface area contributed by atoms with E-state index in [4.69, 9.17) is 10.9 Å². The van der Waals surface area contributed by atoms with E-state index in [1.54, 1.807) is 6.21 Å². The van der Waals surface area contributed by atoms with Crippen molar-refractivity contribution >= 4 is 18.1 Å². The van der Waals surface area contributed by atoms with Crippen molar-refractivity contribution in [1.29, 1.82) is 0 Å². The Kier molecular flexibility index (Phi) is 8.38. The van der Waals surface area contributed by atoms with E-state index in [2.05, 4.69) is 10.4 Å². The summed E-state index contributed by atoms with van der Waals surface area (Å²) in [5.41, 5.74) is 2.11. The number of carboxylic acids is 1. The van der Waals surface area contributed by atoms with Crippen molar-refractivity contribution in [3.05, 3.63) is 35.4 Å². The molecule has 1 amide bonds. The Morgan fingerprint density at radius 1 is 1.30 bits per heavy atom. The summed E-state index contributed by atoms with van der Waals surface area (Å²) < 4.78 is 0. The van der Waals surface area contributed by atoms with E-state index in [9.17, 15) is 14.7 Å². The summed E-state index contributed by atoms with van der Waals surface area (Å²) in [5, 5.41) is 24.1. The lowest BCUT2D eigenvalue weighted by molar-refractivity contribution is -0.138. The molecule has 5 N–H and O–H groups in total. The molecule has 0 aliphatic carbocycles. The fourth-order valence-corrected chi connectivity index (χ4v) is 2.13. The van der Waals surface area contributed by atoms with E-state index in [1.165, 1.54) is 0 Å². The molecule has 1 atom stereocenters. The Hall–Kier alpha value is -2.41. The summed E-state index contributed by atoms with van der Waals surface area (Å²) in [5.74, 6) is 3.62. The number of carbonyl (C=O) groups excluding carboxylic acids is 1. The minimum absolute atomic E-state index is 0.0764. The van der Waals surface area contributed by atoms with Crippen LogP contribution >= 0.6 is 0 Å². The molecule has 0 aliphatic rings. The van der Waals surface area contributed by atoms with Crippen molar-refractivity contribution < 1.29 is 19.8 Å². The first kappa shape index (κ1) is 18.6. The van der Waals surface area contributed by atoms with E-state index in [0.717, 1.165) is 30.4 Å². The molecule has 0 unspecified atom stereocenters. The number of rotatable bonds is 10. The molecule has 0 saturated carbocycles. The monoisotopic (exact) mass is 321 g/mol. The number of unbranched alkanes of at least 4 members (excludes halogenated alkanes) is 1. The smallest absolute Gasteiger partial charge is 0.303 e. The van der Waals surface area contributed by atoms with Crippen molar-refractivity contribution in [2.75, 3.05) is 6.54 Å². The highest BCUT2D eigenvalue weighted by atomic mass is 16.4. The molecular formula is C16H23N3O4. The van der Waals surface area contributed by atoms with Gasteiger partial charge in [-0.25, -0.2) is 0 Å². The van der Waals surface area contributed by atoms with Gasteiger partial charge in [0.25, 0.3) is 0 Å². The lowest BCUT2D eigenvalue weighted by Crippen LogP contribution is -2.35. The molecule has 0 aliphatic heterocycles. The molecule has 23 heavy (non-hydrogen) atoms. The topological polar surface area (TPSA) is 125 Å². The van der Waals surface area contributed by atoms with Crippen LogP contribution in [0.5, 0.6) is 0 Å². The average molecular weight is 321 g/mol. The summed E-state index contributed by atoms with van der Waals surface area (Å²) in [6, 6.07) is 7.81. The highest BCUT2D eigenvalue weighted by Gasteiger charge is 2.15. The van der Waals surface area contributed by atoms with Crippen molar-refractivity contribution in [3.63, 3.8) is 0 Å². The van der Waals surface area contributed by atoms with Gasteiger partial charge in [-0.2, -0.15) is 5.10 Å². The van der Waals surface area contributed by atoms with Crippen molar-refractivity contribution in [1.82, 2.24) is 5.32 Å². The number of nitrogens with zero attached hydrogens (tertiary/aromatic N) is 1. The zero-order chi connectivity index (χ0) is 17.1. The summed E-state index contributed by atoms with van der Waals surface area (Å²) in [6.07, 6.45) is 2.48. The third kappa shape index (κ3) is 7.42. The van der Waals surface area contributed by atoms with Crippen LogP contribution in [0.15, 0.2) is 29.4 Å². The third-order valence-corrected chi connectivity index (χ3v) is 3.38. The second kappa shape index (κ2) is 10.3. The van der Waals surface area contributed by atoms with Gasteiger partial charge < -0.3 is 21.4 Å². The van der Waals surface area contributed by atoms with Crippen molar-refractivity contribution in [2.45, 2.75) is 38.2 Å². The van der Waals surface area contributed by atoms with Crippen LogP contribution < -0.4 is 11.2 Å². The summed E-state index contributed by atoms with van der Waals surface area (Å²) in [4.78, 5) is 21.9. The standard InChI is InChI=1S/C16H23N3O4/c17-19-11-13-7-2-1-5-12(13)6-3-4-10-18-16(23)14(20)8-9-15(21)22/h1-2,5,7,11,14,20H,3-4,6,8-10,17H2,(H,18,23)(H,21,22)/t14-/m1/s1. The molecule has 0 spiro atoms. The molecular weight excluding hydrogens is 298 g/mol. The summed E-state index contributed by atoms with van der Waals surface area (Å²) >= 11 is 0. The van der Waals surface area contributed by atoms with Crippen LogP contribution in [0.25, 0.3) is 0 Å². The summed E-state index contributed by atoms with van der Waals surface area (Å²) in [6.45, 7) is 0.441. The largest absolute Gasteiger partial charge is 0.481 e. The molecule has 0 radical (unpaired) electrons. The maximum atomic E-state index is 11.5. The van der Waals surface area contributed by atoms with Crippen LogP contribution in [0.2, 0.25) is 0 Å². The van der Waals surface area contributed by atoms with E-state index < -0.39 is 18.0 Å². The van der Waals surface area contributed by atoms with Gasteiger partial charge in [0, 0.05) is 13.0 Å². The first-order valence-electron chi connectivity index (χ1n) is 7.53. The number of aryl methyl sites for hydroxylation is 1. The van der Waals surface area contributed by atoms with Crippen molar-refractivity contribution in [2.24, 2.45) is 10.9 Å². The Labute approximate surface area is 135 Å². The number of carboxylic acid groups (broad SMARTS) is 1. The lowest BCUT2D eigenvalue weighted by Gasteiger charge is -2.10. The number of carbonyl (C=O) groups is 2. The number of nitrogens with two attached hydrogens (primary N) is 1. The molecule has 0 aromatic heterocycles. The molecule has 1 aromatic carbocycles. The van der Waals surface area contributed by atoms with Gasteiger partial charge in [-0.3, -0.25) is 9.59 Å². The van der Waals surface area contributed by atoms with Gasteiger partial charge in [0.05, 0.1) is 6.21 Å². The minimum atomic E-state index is -1.27. The fourth-order valence-electron chi connectivity index (χ4n) is 2.13. The number of hydrogen-bond donors (Lipinski definition) is 4. The Balaban J connectivity index is 2.25. The van der Waals surface area contributed by atoms with Crippen molar-refractivity contribution in [3.8, 4) is 0 Å². The zero-order valence-corrected chi connectivity index (χ0v) is 12.9. The number of nitrogens with one attached hydrogen (secondary N) is 1. The van der Waals surface area contributed by atoms with Crippen LogP contribution in [0, 0.1) is 0 Å². The maximum absolute atomic E-state index is 11.5. The van der Waals surface area contributed by atoms with E-state index in [-0.39, 0.29) is 12.8 Å². The van der Waals surface area contributed by atoms with Gasteiger partial charge in [-0.15, -0.1) is 0 Å². The average Bonchev–Trinajstić information content (AvgIpc) is 2.53. The number of aliphatic hydroxyl groups is 1. The zero-order valence-electron chi connectivity index (χ0n) is 12.9. The Morgan fingerprint density at radius 2 is 2.04 bits per heavy atom. The molecule has 7 heteroatoms. The van der Waals surface area contributed by atoms with Crippen LogP contribution in [0.3, 0.4) is 0 Å².